The summed E-state index contributed by atoms with van der Waals surface area (Å²) in [7, 11) is 0.654. The van der Waals surface area contributed by atoms with Gasteiger partial charge in [0, 0.05) is 0 Å². The van der Waals surface area contributed by atoms with Crippen LogP contribution in [0.5, 0.6) is 0 Å². The van der Waals surface area contributed by atoms with Gasteiger partial charge in [0.2, 0.25) is 7.44 Å². The Morgan fingerprint density at radius 2 is 1.53 bits per heavy atom. The fourth-order valence-electron chi connectivity index (χ4n) is 1.07. The highest BCUT2D eigenvalue weighted by Gasteiger charge is 2.27. The first-order valence-corrected chi connectivity index (χ1v) is 8.00. The highest BCUT2D eigenvalue weighted by atomic mass is 32.2. The van der Waals surface area contributed by atoms with E-state index in [1.807, 2.05) is 0 Å². The normalized spacial score (nSPS) is 13.8. The van der Waals surface area contributed by atoms with Gasteiger partial charge < -0.3 is 0 Å². The van der Waals surface area contributed by atoms with E-state index in [2.05, 4.69) is 4.18 Å². The molecule has 0 unspecified atom stereocenters. The average Bonchev–Trinajstić information content (AvgIpc) is 2.00. The van der Waals surface area contributed by atoms with Crippen LogP contribution >= 0.6 is 7.44 Å². The van der Waals surface area contributed by atoms with Crippen LogP contribution in [0.25, 0.3) is 0 Å². The van der Waals surface area contributed by atoms with Crippen molar-refractivity contribution in [1.82, 2.24) is 9.34 Å². The van der Waals surface area contributed by atoms with Crippen LogP contribution in [0.3, 0.4) is 0 Å². The van der Waals surface area contributed by atoms with Crippen LogP contribution in [-0.4, -0.2) is 65.0 Å². The van der Waals surface area contributed by atoms with Gasteiger partial charge in [0.15, 0.2) is 0 Å². The maximum Gasteiger partial charge on any atom is 0.264 e. The molecule has 0 atom stereocenters. The van der Waals surface area contributed by atoms with Crippen molar-refractivity contribution in [1.29, 1.82) is 0 Å². The molecule has 0 aliphatic carbocycles. The predicted molar refractivity (Wildman–Crippen MR) is 60.6 cm³/mol. The molecule has 0 aromatic heterocycles. The molecular weight excluding hydrogens is 239 g/mol. The Morgan fingerprint density at radius 3 is 1.80 bits per heavy atom. The molecule has 0 saturated carbocycles. The lowest BCUT2D eigenvalue weighted by Crippen LogP contribution is -2.25. The van der Waals surface area contributed by atoms with Crippen molar-refractivity contribution < 1.29 is 17.2 Å². The zero-order valence-corrected chi connectivity index (χ0v) is 11.5. The Bertz CT molecular complexity index is 327. The van der Waals surface area contributed by atoms with Gasteiger partial charge in [-0.3, -0.25) is 8.75 Å². The Morgan fingerprint density at radius 1 is 1.13 bits per heavy atom. The van der Waals surface area contributed by atoms with Crippen LogP contribution < -0.4 is 0 Å². The lowest BCUT2D eigenvalue weighted by atomic mass is 10.9. The third-order valence-corrected chi connectivity index (χ3v) is 5.79. The summed E-state index contributed by atoms with van der Waals surface area (Å²) < 4.78 is 41.5. The van der Waals surface area contributed by atoms with Crippen LogP contribution in [0.4, 0.5) is 0 Å². The highest BCUT2D eigenvalue weighted by molar-refractivity contribution is 7.86. The molecule has 8 heteroatoms. The van der Waals surface area contributed by atoms with Crippen LogP contribution in [0.15, 0.2) is 0 Å². The summed E-state index contributed by atoms with van der Waals surface area (Å²) in [5.41, 5.74) is 0. The fraction of sp³-hybridized carbons (Fsp3) is 1.00. The molecule has 0 bridgehead atoms. The monoisotopic (exact) mass is 258 g/mol. The number of rotatable bonds is 6. The Kier molecular flexibility index (Phi) is 5.43. The second-order valence-electron chi connectivity index (χ2n) is 3.61. The molecule has 0 saturated heterocycles. The number of hydrogen-bond acceptors (Lipinski definition) is 4. The van der Waals surface area contributed by atoms with Gasteiger partial charge in [0.05, 0.1) is 19.0 Å². The van der Waals surface area contributed by atoms with E-state index in [9.17, 15) is 13.0 Å². The summed E-state index contributed by atoms with van der Waals surface area (Å²) in [6.07, 6.45) is 1.16. The molecule has 0 radical (unpaired) electrons. The van der Waals surface area contributed by atoms with E-state index in [1.165, 1.54) is 0 Å². The lowest BCUT2D eigenvalue weighted by molar-refractivity contribution is 0.335. The highest BCUT2D eigenvalue weighted by Crippen LogP contribution is 2.48. The van der Waals surface area contributed by atoms with Gasteiger partial charge in [-0.1, -0.05) is 0 Å². The summed E-state index contributed by atoms with van der Waals surface area (Å²) in [4.78, 5) is 0. The van der Waals surface area contributed by atoms with E-state index in [0.29, 0.717) is 0 Å². The van der Waals surface area contributed by atoms with Crippen molar-refractivity contribution in [3.05, 3.63) is 0 Å². The number of hydrogen-bond donors (Lipinski definition) is 0. The molecule has 0 heterocycles. The minimum Gasteiger partial charge on any atom is -0.289 e. The maximum absolute atomic E-state index is 12.3. The summed E-state index contributed by atoms with van der Waals surface area (Å²) in [6, 6.07) is 0. The molecule has 6 nitrogen and oxygen atoms in total. The third-order valence-electron chi connectivity index (χ3n) is 1.93. The van der Waals surface area contributed by atoms with Gasteiger partial charge in [0.1, 0.15) is 0 Å². The Balaban J connectivity index is 4.41. The Labute approximate surface area is 91.8 Å². The van der Waals surface area contributed by atoms with Crippen molar-refractivity contribution in [2.24, 2.45) is 0 Å². The van der Waals surface area contributed by atoms with Crippen molar-refractivity contribution in [2.45, 2.75) is 0 Å². The summed E-state index contributed by atoms with van der Waals surface area (Å²) >= 11 is 0. The van der Waals surface area contributed by atoms with Gasteiger partial charge in [-0.2, -0.15) is 8.42 Å². The van der Waals surface area contributed by atoms with Crippen molar-refractivity contribution >= 4 is 17.6 Å². The zero-order chi connectivity index (χ0) is 12.3. The molecule has 15 heavy (non-hydrogen) atoms. The summed E-state index contributed by atoms with van der Waals surface area (Å²) in [5, 5.41) is 0. The lowest BCUT2D eigenvalue weighted by Gasteiger charge is -2.30. The summed E-state index contributed by atoms with van der Waals surface area (Å²) in [6.45, 7) is -0.0630. The van der Waals surface area contributed by atoms with Gasteiger partial charge in [0.25, 0.3) is 10.1 Å². The topological polar surface area (TPSA) is 66.9 Å². The van der Waals surface area contributed by atoms with E-state index >= 15 is 0 Å². The second-order valence-corrected chi connectivity index (χ2v) is 8.63. The largest absolute Gasteiger partial charge is 0.289 e. The van der Waals surface area contributed by atoms with Gasteiger partial charge in [-0.25, -0.2) is 9.34 Å². The SMILES string of the molecule is CN(C)P(=O)(CCOS(C)(=O)=O)N(C)C. The predicted octanol–water partition coefficient (Wildman–Crippen LogP) is 0.279. The molecule has 0 aromatic rings. The van der Waals surface area contributed by atoms with Crippen LogP contribution in [-0.2, 0) is 18.9 Å². The average molecular weight is 258 g/mol. The fourth-order valence-corrected chi connectivity index (χ4v) is 3.42. The molecule has 0 aromatic carbocycles. The summed E-state index contributed by atoms with van der Waals surface area (Å²) in [5.74, 6) is 0. The van der Waals surface area contributed by atoms with Gasteiger partial charge >= 0.3 is 0 Å². The molecule has 0 N–H and O–H groups in total. The molecule has 0 rings (SSSR count). The van der Waals surface area contributed by atoms with E-state index in [1.54, 1.807) is 37.5 Å². The molecule has 0 aliphatic rings. The van der Waals surface area contributed by atoms with E-state index in [-0.39, 0.29) is 12.8 Å². The minimum absolute atomic E-state index is 0.0630. The van der Waals surface area contributed by atoms with Gasteiger partial charge in [-0.05, 0) is 28.2 Å². The molecule has 0 amide bonds. The van der Waals surface area contributed by atoms with Crippen LogP contribution in [0, 0.1) is 0 Å². The first-order valence-electron chi connectivity index (χ1n) is 4.38. The third kappa shape index (κ3) is 5.08. The molecular formula is C7H19N2O4PS. The van der Waals surface area contributed by atoms with E-state index in [0.717, 1.165) is 6.26 Å². The molecule has 0 aliphatic heterocycles. The van der Waals surface area contributed by atoms with Crippen molar-refractivity contribution in [3.63, 3.8) is 0 Å². The maximum atomic E-state index is 12.3. The van der Waals surface area contributed by atoms with Gasteiger partial charge in [-0.15, -0.1) is 0 Å². The van der Waals surface area contributed by atoms with Crippen LogP contribution in [0.1, 0.15) is 0 Å². The first-order chi connectivity index (χ1) is 6.59. The zero-order valence-electron chi connectivity index (χ0n) is 9.80. The number of nitrogens with zero attached hydrogens (tertiary/aromatic N) is 2. The Hall–Kier alpha value is 0.0600. The van der Waals surface area contributed by atoms with E-state index in [4.69, 9.17) is 0 Å². The van der Waals surface area contributed by atoms with Crippen molar-refractivity contribution in [2.75, 3.05) is 47.2 Å². The molecule has 92 valence electrons. The van der Waals surface area contributed by atoms with Crippen LogP contribution in [0.2, 0.25) is 0 Å². The smallest absolute Gasteiger partial charge is 0.264 e. The second kappa shape index (κ2) is 5.41. The van der Waals surface area contributed by atoms with E-state index < -0.39 is 17.6 Å². The molecule has 0 fully saturated rings. The molecule has 0 spiro atoms. The minimum atomic E-state index is -3.46. The van der Waals surface area contributed by atoms with Crippen molar-refractivity contribution in [3.8, 4) is 0 Å². The first kappa shape index (κ1) is 15.1. The standard InChI is InChI=1S/C7H19N2O4PS/c1-8(2)14(10,9(3)4)7-6-13-15(5,11)12/h6-7H2,1-5H3. The quantitative estimate of drug-likeness (QED) is 0.503.